The third-order valence-electron chi connectivity index (χ3n) is 9.02. The Bertz CT molecular complexity index is 1560. The summed E-state index contributed by atoms with van der Waals surface area (Å²) in [4.78, 5) is 0. The van der Waals surface area contributed by atoms with Crippen LogP contribution in [0.3, 0.4) is 0 Å². The second kappa shape index (κ2) is 6.79. The Kier molecular flexibility index (Phi) is 3.83. The van der Waals surface area contributed by atoms with Crippen molar-refractivity contribution < 1.29 is 9.13 Å². The first-order valence-electron chi connectivity index (χ1n) is 13.2. The van der Waals surface area contributed by atoms with E-state index in [4.69, 9.17) is 0 Å². The summed E-state index contributed by atoms with van der Waals surface area (Å²) >= 11 is 0. The Morgan fingerprint density at radius 3 is 2.49 bits per heavy atom. The minimum Gasteiger partial charge on any atom is -0.126 e. The van der Waals surface area contributed by atoms with E-state index in [2.05, 4.69) is 102 Å². The summed E-state index contributed by atoms with van der Waals surface area (Å²) in [7, 11) is 0. The molecule has 0 fully saturated rings. The van der Waals surface area contributed by atoms with Crippen LogP contribution in [-0.2, 0) is 12.1 Å². The van der Waals surface area contributed by atoms with E-state index in [0.29, 0.717) is 5.92 Å². The van der Waals surface area contributed by atoms with E-state index in [0.717, 1.165) is 6.42 Å². The van der Waals surface area contributed by atoms with Gasteiger partial charge in [0.05, 0.1) is 11.1 Å². The maximum absolute atomic E-state index is 2.58. The number of aromatic nitrogens is 2. The number of rotatable bonds is 1. The van der Waals surface area contributed by atoms with Crippen LogP contribution in [0.1, 0.15) is 73.3 Å². The molecular weight excluding hydrogens is 424 g/mol. The van der Waals surface area contributed by atoms with Gasteiger partial charge in [0, 0.05) is 24.3 Å². The van der Waals surface area contributed by atoms with Crippen LogP contribution in [0.25, 0.3) is 28.1 Å². The quantitative estimate of drug-likeness (QED) is 0.250. The van der Waals surface area contributed by atoms with E-state index in [1.807, 2.05) is 0 Å². The van der Waals surface area contributed by atoms with Gasteiger partial charge in [-0.25, -0.2) is 0 Å². The minimum absolute atomic E-state index is 0.383. The highest BCUT2D eigenvalue weighted by Crippen LogP contribution is 2.52. The molecule has 0 radical (unpaired) electrons. The lowest BCUT2D eigenvalue weighted by molar-refractivity contribution is -0.955. The molecule has 8 rings (SSSR count). The third kappa shape index (κ3) is 2.31. The van der Waals surface area contributed by atoms with E-state index < -0.39 is 0 Å². The van der Waals surface area contributed by atoms with Crippen molar-refractivity contribution in [2.45, 2.75) is 57.5 Å². The van der Waals surface area contributed by atoms with Gasteiger partial charge in [0.25, 0.3) is 0 Å². The summed E-state index contributed by atoms with van der Waals surface area (Å²) in [6.45, 7) is 4.62. The van der Waals surface area contributed by atoms with Crippen LogP contribution in [0.15, 0.2) is 84.7 Å². The highest BCUT2D eigenvalue weighted by molar-refractivity contribution is 5.86. The van der Waals surface area contributed by atoms with Crippen LogP contribution in [0.2, 0.25) is 0 Å². The van der Waals surface area contributed by atoms with Gasteiger partial charge in [0.2, 0.25) is 11.4 Å². The number of allylic oxidation sites excluding steroid dienone is 2. The average Bonchev–Trinajstić information content (AvgIpc) is 3.52. The Morgan fingerprint density at radius 2 is 1.57 bits per heavy atom. The van der Waals surface area contributed by atoms with Crippen LogP contribution >= 0.6 is 0 Å². The number of hydrogen-bond acceptors (Lipinski definition) is 0. The minimum atomic E-state index is -0.383. The molecule has 35 heavy (non-hydrogen) atoms. The summed E-state index contributed by atoms with van der Waals surface area (Å²) in [5.74, 6) is 0.500. The highest BCUT2D eigenvalue weighted by Gasteiger charge is 2.67. The monoisotopic (exact) mass is 454 g/mol. The van der Waals surface area contributed by atoms with Crippen molar-refractivity contribution in [3.63, 3.8) is 0 Å². The second-order valence-electron chi connectivity index (χ2n) is 11.0. The first-order chi connectivity index (χ1) is 17.2. The topological polar surface area (TPSA) is 7.76 Å². The Morgan fingerprint density at radius 1 is 0.743 bits per heavy atom. The largest absolute Gasteiger partial charge is 0.417 e. The summed E-state index contributed by atoms with van der Waals surface area (Å²) < 4.78 is 5.10. The molecule has 2 aliphatic carbocycles. The standard InChI is InChI=1S/C33H30N2/c1-21(2)22-16-18-35-31(20-22)32-27-19-23-9-3-4-10-24(23)25(27)14-15-29(32)33(35)28-12-6-5-11-26(28)30-13-7-8-17-34(30)33/h5-8,11-18,20-21H,3-4,9-10,19H2,1-2H3/q+2. The van der Waals surface area contributed by atoms with Crippen molar-refractivity contribution >= 4 is 5.57 Å². The lowest BCUT2D eigenvalue weighted by Crippen LogP contribution is -2.71. The summed E-state index contributed by atoms with van der Waals surface area (Å²) in [6, 6.07) is 25.4. The molecule has 1 unspecified atom stereocenters. The summed E-state index contributed by atoms with van der Waals surface area (Å²) in [5, 5.41) is 0. The van der Waals surface area contributed by atoms with E-state index in [-0.39, 0.29) is 5.66 Å². The molecule has 0 bridgehead atoms. The molecule has 1 atom stereocenters. The number of nitrogens with zero attached hydrogens (tertiary/aromatic N) is 2. The van der Waals surface area contributed by atoms with Gasteiger partial charge in [-0.3, -0.25) is 0 Å². The molecular formula is C33H30N2+2. The molecule has 4 aromatic rings. The Balaban J connectivity index is 1.52. The first-order valence-corrected chi connectivity index (χ1v) is 13.2. The maximum atomic E-state index is 2.58. The number of pyridine rings is 2. The smallest absolute Gasteiger partial charge is 0.126 e. The van der Waals surface area contributed by atoms with E-state index in [9.17, 15) is 0 Å². The van der Waals surface area contributed by atoms with Crippen molar-refractivity contribution in [1.29, 1.82) is 0 Å². The molecule has 2 aromatic carbocycles. The van der Waals surface area contributed by atoms with Crippen molar-refractivity contribution in [3.05, 3.63) is 113 Å². The van der Waals surface area contributed by atoms with Gasteiger partial charge in [-0.15, -0.1) is 9.13 Å². The fraction of sp³-hybridized carbons (Fsp3) is 0.273. The normalized spacial score (nSPS) is 20.5. The van der Waals surface area contributed by atoms with Crippen molar-refractivity contribution in [3.8, 4) is 22.5 Å². The number of fused-ring (bicyclic) bond motifs is 13. The van der Waals surface area contributed by atoms with Crippen LogP contribution in [0, 0.1) is 0 Å². The highest BCUT2D eigenvalue weighted by atomic mass is 15.3. The molecule has 0 amide bonds. The predicted molar refractivity (Wildman–Crippen MR) is 139 cm³/mol. The van der Waals surface area contributed by atoms with E-state index in [1.165, 1.54) is 70.5 Å². The Hall–Kier alpha value is -3.52. The van der Waals surface area contributed by atoms with Gasteiger partial charge in [-0.2, -0.15) is 0 Å². The zero-order valence-electron chi connectivity index (χ0n) is 20.5. The summed E-state index contributed by atoms with van der Waals surface area (Å²) in [6.07, 6.45) is 11.0. The van der Waals surface area contributed by atoms with Crippen molar-refractivity contribution in [2.75, 3.05) is 0 Å². The van der Waals surface area contributed by atoms with E-state index >= 15 is 0 Å². The summed E-state index contributed by atoms with van der Waals surface area (Å²) in [5.41, 5.74) is 15.8. The molecule has 170 valence electrons. The fourth-order valence-electron chi connectivity index (χ4n) is 7.48. The maximum Gasteiger partial charge on any atom is 0.417 e. The molecule has 1 spiro atoms. The lowest BCUT2D eigenvalue weighted by Gasteiger charge is -2.18. The van der Waals surface area contributed by atoms with Crippen LogP contribution in [0.4, 0.5) is 0 Å². The first kappa shape index (κ1) is 19.8. The molecule has 0 N–H and O–H groups in total. The number of benzene rings is 2. The lowest BCUT2D eigenvalue weighted by atomic mass is 9.86. The van der Waals surface area contributed by atoms with Gasteiger partial charge < -0.3 is 0 Å². The number of hydrogen-bond donors (Lipinski definition) is 0. The van der Waals surface area contributed by atoms with Crippen LogP contribution in [-0.4, -0.2) is 0 Å². The molecule has 2 aliphatic heterocycles. The van der Waals surface area contributed by atoms with Crippen LogP contribution in [0.5, 0.6) is 0 Å². The van der Waals surface area contributed by atoms with Gasteiger partial charge in [-0.1, -0.05) is 37.6 Å². The van der Waals surface area contributed by atoms with Crippen LogP contribution < -0.4 is 9.13 Å². The van der Waals surface area contributed by atoms with Crippen molar-refractivity contribution in [2.24, 2.45) is 0 Å². The molecule has 2 aromatic heterocycles. The molecule has 2 heteroatoms. The Labute approximate surface area is 207 Å². The van der Waals surface area contributed by atoms with Crippen molar-refractivity contribution in [1.82, 2.24) is 0 Å². The fourth-order valence-corrected chi connectivity index (χ4v) is 7.48. The van der Waals surface area contributed by atoms with Gasteiger partial charge >= 0.3 is 5.66 Å². The predicted octanol–water partition coefficient (Wildman–Crippen LogP) is 6.53. The second-order valence-corrected chi connectivity index (χ2v) is 11.0. The molecule has 0 saturated carbocycles. The zero-order chi connectivity index (χ0) is 23.3. The molecule has 4 heterocycles. The zero-order valence-corrected chi connectivity index (χ0v) is 20.5. The van der Waals surface area contributed by atoms with E-state index in [1.54, 1.807) is 16.7 Å². The molecule has 2 nitrogen and oxygen atoms in total. The molecule has 0 saturated heterocycles. The van der Waals surface area contributed by atoms with Gasteiger partial charge in [0.1, 0.15) is 11.1 Å². The SMILES string of the molecule is CC(C)c1cc[n+]2c(c1)-c1c(ccc3c1CC1=C3CCCC1)C21c2ccccc2-c2cccc[n+]21. The van der Waals surface area contributed by atoms with Gasteiger partial charge in [0.15, 0.2) is 12.4 Å². The third-order valence-corrected chi connectivity index (χ3v) is 9.02. The van der Waals surface area contributed by atoms with Gasteiger partial charge in [-0.05, 0) is 84.6 Å². The average molecular weight is 455 g/mol. The molecule has 4 aliphatic rings.